The lowest BCUT2D eigenvalue weighted by molar-refractivity contribution is 0.0612. The largest absolute Gasteiger partial charge is 0.448 e. The molecule has 7 nitrogen and oxygen atoms in total. The van der Waals surface area contributed by atoms with E-state index >= 15 is 0 Å². The Bertz CT molecular complexity index is 1660. The van der Waals surface area contributed by atoms with Gasteiger partial charge in [0.1, 0.15) is 22.7 Å². The minimum absolute atomic E-state index is 0.0525. The molecule has 196 valence electrons. The average molecular weight is 598 g/mol. The van der Waals surface area contributed by atoms with Gasteiger partial charge in [-0.05, 0) is 70.8 Å². The first-order chi connectivity index (χ1) is 18.3. The Hall–Kier alpha value is -3.34. The zero-order valence-corrected chi connectivity index (χ0v) is 23.3. The smallest absolute Gasteiger partial charge is 0.297 e. The number of nitrogens with two attached hydrogens (primary N) is 1. The molecule has 0 aliphatic rings. The zero-order chi connectivity index (χ0) is 27.0. The first-order valence-electron chi connectivity index (χ1n) is 12.2. The number of thiophene rings is 1. The molecule has 5 aromatic rings. The SMILES string of the molecule is CC(C)C(c1nc2c(oc3ccc(F)cc32)c(=O)n1Cc1ccsc1)N(CCN)C(=O)c1ccc(Br)cc1. The summed E-state index contributed by atoms with van der Waals surface area (Å²) in [6.07, 6.45) is 0. The molecule has 3 heterocycles. The monoisotopic (exact) mass is 596 g/mol. The van der Waals surface area contributed by atoms with E-state index in [9.17, 15) is 14.0 Å². The Balaban J connectivity index is 1.76. The van der Waals surface area contributed by atoms with Crippen molar-refractivity contribution in [3.05, 3.63) is 96.9 Å². The maximum absolute atomic E-state index is 14.2. The average Bonchev–Trinajstić information content (AvgIpc) is 3.53. The van der Waals surface area contributed by atoms with Crippen molar-refractivity contribution in [2.45, 2.75) is 26.4 Å². The van der Waals surface area contributed by atoms with E-state index in [0.717, 1.165) is 10.0 Å². The van der Waals surface area contributed by atoms with Gasteiger partial charge in [-0.15, -0.1) is 0 Å². The van der Waals surface area contributed by atoms with Crippen molar-refractivity contribution >= 4 is 55.2 Å². The third-order valence-electron chi connectivity index (χ3n) is 6.44. The first kappa shape index (κ1) is 26.3. The third-order valence-corrected chi connectivity index (χ3v) is 7.70. The molecule has 0 aliphatic heterocycles. The summed E-state index contributed by atoms with van der Waals surface area (Å²) in [6, 6.07) is 12.5. The van der Waals surface area contributed by atoms with Gasteiger partial charge in [-0.1, -0.05) is 29.8 Å². The van der Waals surface area contributed by atoms with Crippen molar-refractivity contribution < 1.29 is 13.6 Å². The predicted molar refractivity (Wildman–Crippen MR) is 151 cm³/mol. The van der Waals surface area contributed by atoms with Crippen molar-refractivity contribution in [3.63, 3.8) is 0 Å². The molecule has 2 aromatic carbocycles. The van der Waals surface area contributed by atoms with Crippen molar-refractivity contribution in [2.75, 3.05) is 13.1 Å². The molecule has 1 atom stereocenters. The minimum Gasteiger partial charge on any atom is -0.448 e. The van der Waals surface area contributed by atoms with Gasteiger partial charge in [0, 0.05) is 28.5 Å². The fraction of sp³-hybridized carbons (Fsp3) is 0.250. The molecule has 0 spiro atoms. The van der Waals surface area contributed by atoms with Crippen LogP contribution < -0.4 is 11.3 Å². The summed E-state index contributed by atoms with van der Waals surface area (Å²) >= 11 is 4.94. The maximum atomic E-state index is 14.2. The first-order valence-corrected chi connectivity index (χ1v) is 13.9. The molecule has 3 aromatic heterocycles. The molecule has 0 radical (unpaired) electrons. The van der Waals surface area contributed by atoms with Gasteiger partial charge in [-0.2, -0.15) is 11.3 Å². The minimum atomic E-state index is -0.594. The van der Waals surface area contributed by atoms with E-state index in [1.54, 1.807) is 33.7 Å². The third kappa shape index (κ3) is 4.91. The number of halogens is 2. The van der Waals surface area contributed by atoms with E-state index in [1.165, 1.54) is 29.5 Å². The number of rotatable bonds is 8. The number of aromatic nitrogens is 2. The van der Waals surface area contributed by atoms with Crippen LogP contribution in [0, 0.1) is 11.7 Å². The summed E-state index contributed by atoms with van der Waals surface area (Å²) in [4.78, 5) is 34.3. The highest BCUT2D eigenvalue weighted by Crippen LogP contribution is 2.33. The summed E-state index contributed by atoms with van der Waals surface area (Å²) in [5.41, 5.74) is 7.71. The second kappa shape index (κ2) is 10.8. The van der Waals surface area contributed by atoms with E-state index in [2.05, 4.69) is 15.9 Å². The van der Waals surface area contributed by atoms with Crippen LogP contribution in [0.25, 0.3) is 22.1 Å². The second-order valence-electron chi connectivity index (χ2n) is 9.40. The lowest BCUT2D eigenvalue weighted by Gasteiger charge is -2.35. The van der Waals surface area contributed by atoms with Gasteiger partial charge < -0.3 is 15.1 Å². The lowest BCUT2D eigenvalue weighted by atomic mass is 9.99. The van der Waals surface area contributed by atoms with Gasteiger partial charge in [-0.3, -0.25) is 14.2 Å². The van der Waals surface area contributed by atoms with Crippen LogP contribution in [0.5, 0.6) is 0 Å². The van der Waals surface area contributed by atoms with Crippen LogP contribution in [0.4, 0.5) is 4.39 Å². The van der Waals surface area contributed by atoms with Gasteiger partial charge in [0.2, 0.25) is 5.58 Å². The number of amides is 1. The summed E-state index contributed by atoms with van der Waals surface area (Å²) < 4.78 is 22.5. The van der Waals surface area contributed by atoms with Crippen LogP contribution in [0.15, 0.2) is 73.0 Å². The van der Waals surface area contributed by atoms with Crippen molar-refractivity contribution in [1.82, 2.24) is 14.5 Å². The topological polar surface area (TPSA) is 94.4 Å². The predicted octanol–water partition coefficient (Wildman–Crippen LogP) is 5.95. The number of nitrogens with zero attached hydrogens (tertiary/aromatic N) is 3. The van der Waals surface area contributed by atoms with Gasteiger partial charge in [0.05, 0.1) is 12.6 Å². The number of carbonyl (C=O) groups is 1. The molecular weight excluding hydrogens is 571 g/mol. The van der Waals surface area contributed by atoms with Gasteiger partial charge in [0.25, 0.3) is 11.5 Å². The molecule has 0 saturated carbocycles. The van der Waals surface area contributed by atoms with Gasteiger partial charge >= 0.3 is 0 Å². The Morgan fingerprint density at radius 1 is 1.21 bits per heavy atom. The molecule has 0 bridgehead atoms. The van der Waals surface area contributed by atoms with Crippen molar-refractivity contribution in [1.29, 1.82) is 0 Å². The van der Waals surface area contributed by atoms with Crippen LogP contribution in [0.2, 0.25) is 0 Å². The molecule has 38 heavy (non-hydrogen) atoms. The highest BCUT2D eigenvalue weighted by molar-refractivity contribution is 9.10. The van der Waals surface area contributed by atoms with Crippen LogP contribution in [0.3, 0.4) is 0 Å². The number of hydrogen-bond acceptors (Lipinski definition) is 6. The highest BCUT2D eigenvalue weighted by atomic mass is 79.9. The normalized spacial score (nSPS) is 12.5. The van der Waals surface area contributed by atoms with E-state index in [4.69, 9.17) is 15.1 Å². The lowest BCUT2D eigenvalue weighted by Crippen LogP contribution is -2.43. The summed E-state index contributed by atoms with van der Waals surface area (Å²) in [5, 5.41) is 4.31. The molecule has 0 aliphatic carbocycles. The second-order valence-corrected chi connectivity index (χ2v) is 11.1. The van der Waals surface area contributed by atoms with Crippen molar-refractivity contribution in [2.24, 2.45) is 11.7 Å². The Kier molecular flexibility index (Phi) is 7.47. The Morgan fingerprint density at radius 3 is 2.63 bits per heavy atom. The quantitative estimate of drug-likeness (QED) is 0.239. The fourth-order valence-corrected chi connectivity index (χ4v) is 5.64. The number of hydrogen-bond donors (Lipinski definition) is 1. The Morgan fingerprint density at radius 2 is 1.97 bits per heavy atom. The van der Waals surface area contributed by atoms with Crippen LogP contribution in [-0.2, 0) is 6.54 Å². The fourth-order valence-electron chi connectivity index (χ4n) is 4.72. The molecule has 0 saturated heterocycles. The number of benzene rings is 2. The highest BCUT2D eigenvalue weighted by Gasteiger charge is 2.33. The molecule has 2 N–H and O–H groups in total. The summed E-state index contributed by atoms with van der Waals surface area (Å²) in [7, 11) is 0. The number of fused-ring (bicyclic) bond motifs is 3. The van der Waals surface area contributed by atoms with Crippen molar-refractivity contribution in [3.8, 4) is 0 Å². The van der Waals surface area contributed by atoms with E-state index in [0.29, 0.717) is 22.4 Å². The molecule has 10 heteroatoms. The summed E-state index contributed by atoms with van der Waals surface area (Å²) in [5.74, 6) is -0.411. The standard InChI is InChI=1S/C28H26BrFN4O3S/c1-16(2)24(33(11-10-31)27(35)18-3-5-19(29)6-4-18)26-32-23-21-13-20(30)7-8-22(21)37-25(23)28(36)34(26)14-17-9-12-38-15-17/h3-9,12-13,15-16,24H,10-11,14,31H2,1-2H3. The molecule has 1 unspecified atom stereocenters. The summed E-state index contributed by atoms with van der Waals surface area (Å²) in [6.45, 7) is 4.67. The Labute approximate surface area is 230 Å². The maximum Gasteiger partial charge on any atom is 0.297 e. The molecule has 1 amide bonds. The van der Waals surface area contributed by atoms with Crippen LogP contribution in [-0.4, -0.2) is 33.4 Å². The van der Waals surface area contributed by atoms with Gasteiger partial charge in [-0.25, -0.2) is 9.37 Å². The molecule has 0 fully saturated rings. The van der Waals surface area contributed by atoms with Gasteiger partial charge in [0.15, 0.2) is 0 Å². The molecule has 5 rings (SSSR count). The number of carbonyl (C=O) groups excluding carboxylic acids is 1. The van der Waals surface area contributed by atoms with E-state index in [-0.39, 0.29) is 48.1 Å². The molecular formula is C28H26BrFN4O3S. The van der Waals surface area contributed by atoms with Crippen LogP contribution in [0.1, 0.15) is 41.6 Å². The van der Waals surface area contributed by atoms with Crippen LogP contribution >= 0.6 is 27.3 Å². The number of furan rings is 1. The zero-order valence-electron chi connectivity index (χ0n) is 20.9. The van der Waals surface area contributed by atoms with E-state index in [1.807, 2.05) is 30.7 Å². The van der Waals surface area contributed by atoms with E-state index < -0.39 is 11.9 Å².